The zero-order valence-corrected chi connectivity index (χ0v) is 16.2. The molecule has 0 spiro atoms. The Morgan fingerprint density at radius 3 is 2.68 bits per heavy atom. The van der Waals surface area contributed by atoms with Gasteiger partial charge in [-0.15, -0.1) is 0 Å². The van der Waals surface area contributed by atoms with Gasteiger partial charge in [0.05, 0.1) is 25.4 Å². The van der Waals surface area contributed by atoms with Crippen LogP contribution in [0.3, 0.4) is 0 Å². The molecule has 0 unspecified atom stereocenters. The van der Waals surface area contributed by atoms with Crippen LogP contribution < -0.4 is 15.4 Å². The zero-order valence-electron chi connectivity index (χ0n) is 16.2. The van der Waals surface area contributed by atoms with Crippen molar-refractivity contribution in [1.29, 1.82) is 0 Å². The Kier molecular flexibility index (Phi) is 6.63. The molecule has 2 N–H and O–H groups in total. The van der Waals surface area contributed by atoms with Crippen LogP contribution in [0.1, 0.15) is 16.7 Å². The van der Waals surface area contributed by atoms with E-state index in [1.807, 2.05) is 61.5 Å². The number of nitrogens with one attached hydrogen (secondary N) is 2. The molecule has 5 heteroatoms. The van der Waals surface area contributed by atoms with E-state index in [2.05, 4.69) is 21.7 Å². The summed E-state index contributed by atoms with van der Waals surface area (Å²) in [4.78, 5) is 16.5. The molecule has 1 aromatic heterocycles. The van der Waals surface area contributed by atoms with Gasteiger partial charge in [0.1, 0.15) is 11.6 Å². The lowest BCUT2D eigenvalue weighted by Crippen LogP contribution is -2.16. The molecule has 3 rings (SSSR count). The average molecular weight is 375 g/mol. The smallest absolute Gasteiger partial charge is 0.229 e. The van der Waals surface area contributed by atoms with Gasteiger partial charge in [-0.05, 0) is 54.3 Å². The van der Waals surface area contributed by atoms with E-state index in [1.165, 1.54) is 5.56 Å². The van der Waals surface area contributed by atoms with Crippen LogP contribution in [0.4, 0.5) is 11.5 Å². The van der Waals surface area contributed by atoms with Crippen LogP contribution >= 0.6 is 0 Å². The summed E-state index contributed by atoms with van der Waals surface area (Å²) in [6.07, 6.45) is 2.95. The van der Waals surface area contributed by atoms with Gasteiger partial charge in [0.2, 0.25) is 5.91 Å². The van der Waals surface area contributed by atoms with Crippen molar-refractivity contribution in [3.05, 3.63) is 83.6 Å². The first-order chi connectivity index (χ1) is 13.6. The summed E-state index contributed by atoms with van der Waals surface area (Å²) < 4.78 is 5.24. The van der Waals surface area contributed by atoms with E-state index in [1.54, 1.807) is 13.3 Å². The zero-order chi connectivity index (χ0) is 19.8. The summed E-state index contributed by atoms with van der Waals surface area (Å²) in [6.45, 7) is 2.79. The highest BCUT2D eigenvalue weighted by atomic mass is 16.5. The minimum atomic E-state index is -0.0689. The number of methoxy groups -OCH3 is 1. The van der Waals surface area contributed by atoms with Gasteiger partial charge >= 0.3 is 0 Å². The molecule has 0 radical (unpaired) electrons. The van der Waals surface area contributed by atoms with Crippen LogP contribution in [0.25, 0.3) is 0 Å². The molecule has 0 aliphatic heterocycles. The first kappa shape index (κ1) is 19.4. The predicted molar refractivity (Wildman–Crippen MR) is 113 cm³/mol. The average Bonchev–Trinajstić information content (AvgIpc) is 2.71. The topological polar surface area (TPSA) is 63.2 Å². The standard InChI is InChI=1S/C23H25N3O2/c1-17-6-3-4-8-19(17)15-23(27)26-22-11-10-20(16-25-22)24-13-12-18-7-5-9-21(14-18)28-2/h3-11,14,16,24H,12-13,15H2,1-2H3,(H,25,26,27). The summed E-state index contributed by atoms with van der Waals surface area (Å²) in [6, 6.07) is 19.7. The van der Waals surface area contributed by atoms with Crippen molar-refractivity contribution in [1.82, 2.24) is 4.98 Å². The molecule has 1 amide bonds. The lowest BCUT2D eigenvalue weighted by molar-refractivity contribution is -0.115. The van der Waals surface area contributed by atoms with Crippen LogP contribution in [0, 0.1) is 6.92 Å². The number of benzene rings is 2. The highest BCUT2D eigenvalue weighted by molar-refractivity contribution is 5.91. The second kappa shape index (κ2) is 9.55. The van der Waals surface area contributed by atoms with E-state index in [4.69, 9.17) is 4.74 Å². The minimum absolute atomic E-state index is 0.0689. The quantitative estimate of drug-likeness (QED) is 0.618. The third-order valence-corrected chi connectivity index (χ3v) is 4.52. The van der Waals surface area contributed by atoms with Gasteiger partial charge < -0.3 is 15.4 Å². The van der Waals surface area contributed by atoms with E-state index >= 15 is 0 Å². The van der Waals surface area contributed by atoms with Crippen molar-refractivity contribution in [3.63, 3.8) is 0 Å². The fourth-order valence-corrected chi connectivity index (χ4v) is 2.92. The number of aromatic nitrogens is 1. The Hall–Kier alpha value is -3.34. The normalized spacial score (nSPS) is 10.4. The molecule has 3 aromatic rings. The highest BCUT2D eigenvalue weighted by Crippen LogP contribution is 2.14. The molecular weight excluding hydrogens is 350 g/mol. The molecule has 5 nitrogen and oxygen atoms in total. The van der Waals surface area contributed by atoms with Crippen molar-refractivity contribution in [2.24, 2.45) is 0 Å². The first-order valence-electron chi connectivity index (χ1n) is 9.31. The van der Waals surface area contributed by atoms with Crippen molar-refractivity contribution in [2.75, 3.05) is 24.3 Å². The second-order valence-corrected chi connectivity index (χ2v) is 6.61. The summed E-state index contributed by atoms with van der Waals surface area (Å²) in [7, 11) is 1.67. The van der Waals surface area contributed by atoms with Gasteiger partial charge in [0.25, 0.3) is 0 Å². The molecule has 1 heterocycles. The molecule has 0 atom stereocenters. The van der Waals surface area contributed by atoms with Crippen molar-refractivity contribution >= 4 is 17.4 Å². The van der Waals surface area contributed by atoms with Crippen LogP contribution in [0.2, 0.25) is 0 Å². The number of carbonyl (C=O) groups excluding carboxylic acids is 1. The number of nitrogens with zero attached hydrogens (tertiary/aromatic N) is 1. The van der Waals surface area contributed by atoms with E-state index in [-0.39, 0.29) is 5.91 Å². The van der Waals surface area contributed by atoms with Gasteiger partial charge in [0.15, 0.2) is 0 Å². The van der Waals surface area contributed by atoms with E-state index in [0.29, 0.717) is 12.2 Å². The molecule has 0 fully saturated rings. The number of rotatable bonds is 8. The Morgan fingerprint density at radius 2 is 1.93 bits per heavy atom. The molecule has 144 valence electrons. The van der Waals surface area contributed by atoms with Crippen LogP contribution in [0.15, 0.2) is 66.9 Å². The van der Waals surface area contributed by atoms with Gasteiger partial charge in [-0.2, -0.15) is 0 Å². The fraction of sp³-hybridized carbons (Fsp3) is 0.217. The Balaban J connectivity index is 1.48. The van der Waals surface area contributed by atoms with Gasteiger partial charge in [-0.3, -0.25) is 4.79 Å². The Bertz CT molecular complexity index is 923. The fourth-order valence-electron chi connectivity index (χ4n) is 2.92. The van der Waals surface area contributed by atoms with Crippen LogP contribution in [0.5, 0.6) is 5.75 Å². The third kappa shape index (κ3) is 5.58. The summed E-state index contributed by atoms with van der Waals surface area (Å²) in [5, 5.41) is 6.19. The van der Waals surface area contributed by atoms with Crippen molar-refractivity contribution in [3.8, 4) is 5.75 Å². The maximum atomic E-state index is 12.2. The number of amides is 1. The Labute approximate surface area is 165 Å². The SMILES string of the molecule is COc1cccc(CCNc2ccc(NC(=O)Cc3ccccc3C)nc2)c1. The van der Waals surface area contributed by atoms with Crippen molar-refractivity contribution < 1.29 is 9.53 Å². The molecule has 2 aromatic carbocycles. The van der Waals surface area contributed by atoms with E-state index in [0.717, 1.165) is 35.5 Å². The molecule has 0 saturated heterocycles. The number of hydrogen-bond donors (Lipinski definition) is 2. The van der Waals surface area contributed by atoms with Gasteiger partial charge in [0, 0.05) is 6.54 Å². The second-order valence-electron chi connectivity index (χ2n) is 6.61. The lowest BCUT2D eigenvalue weighted by atomic mass is 10.1. The van der Waals surface area contributed by atoms with Crippen LogP contribution in [-0.2, 0) is 17.6 Å². The molecule has 28 heavy (non-hydrogen) atoms. The number of carbonyl (C=O) groups is 1. The van der Waals surface area contributed by atoms with Gasteiger partial charge in [-0.25, -0.2) is 4.98 Å². The number of pyridine rings is 1. The Morgan fingerprint density at radius 1 is 1.07 bits per heavy atom. The van der Waals surface area contributed by atoms with Crippen molar-refractivity contribution in [2.45, 2.75) is 19.8 Å². The molecular formula is C23H25N3O2. The molecule has 0 bridgehead atoms. The first-order valence-corrected chi connectivity index (χ1v) is 9.31. The van der Waals surface area contributed by atoms with Gasteiger partial charge in [-0.1, -0.05) is 36.4 Å². The highest BCUT2D eigenvalue weighted by Gasteiger charge is 2.07. The van der Waals surface area contributed by atoms with E-state index < -0.39 is 0 Å². The lowest BCUT2D eigenvalue weighted by Gasteiger charge is -2.09. The molecule has 0 aliphatic rings. The summed E-state index contributed by atoms with van der Waals surface area (Å²) in [5.74, 6) is 1.35. The number of aryl methyl sites for hydroxylation is 1. The number of ether oxygens (including phenoxy) is 1. The third-order valence-electron chi connectivity index (χ3n) is 4.52. The maximum Gasteiger partial charge on any atom is 0.229 e. The molecule has 0 aliphatic carbocycles. The summed E-state index contributed by atoms with van der Waals surface area (Å²) >= 11 is 0. The molecule has 0 saturated carbocycles. The number of hydrogen-bond acceptors (Lipinski definition) is 4. The monoisotopic (exact) mass is 375 g/mol. The van der Waals surface area contributed by atoms with Crippen LogP contribution in [-0.4, -0.2) is 24.5 Å². The minimum Gasteiger partial charge on any atom is -0.497 e. The van der Waals surface area contributed by atoms with E-state index in [9.17, 15) is 4.79 Å². The predicted octanol–water partition coefficient (Wildman–Crippen LogP) is 4.23. The largest absolute Gasteiger partial charge is 0.497 e. The summed E-state index contributed by atoms with van der Waals surface area (Å²) in [5.41, 5.74) is 4.26. The maximum absolute atomic E-state index is 12.2. The number of anilines is 2.